The molecule has 4 fully saturated rings. The van der Waals surface area contributed by atoms with Crippen LogP contribution in [0, 0.1) is 11.8 Å². The first-order valence-electron chi connectivity index (χ1n) is 7.45. The minimum atomic E-state index is 0.936. The number of hydrogen-bond acceptors (Lipinski definition) is 2. The van der Waals surface area contributed by atoms with Crippen LogP contribution in [0.1, 0.15) is 51.4 Å². The lowest BCUT2D eigenvalue weighted by Crippen LogP contribution is -2.50. The molecule has 0 aromatic heterocycles. The fourth-order valence-electron chi connectivity index (χ4n) is 4.91. The smallest absolute Gasteiger partial charge is 0.0274 e. The second-order valence-corrected chi connectivity index (χ2v) is 6.52. The molecule has 90 valence electrons. The van der Waals surface area contributed by atoms with Crippen LogP contribution in [0.5, 0.6) is 0 Å². The predicted octanol–water partition coefficient (Wildman–Crippen LogP) is 2.65. The molecule has 2 saturated carbocycles. The summed E-state index contributed by atoms with van der Waals surface area (Å²) in [5, 5.41) is 5.61. The number of fused-ring (bicyclic) bond motifs is 3. The van der Waals surface area contributed by atoms with Crippen LogP contribution in [0.15, 0.2) is 0 Å². The van der Waals surface area contributed by atoms with Crippen molar-refractivity contribution < 1.29 is 0 Å². The molecule has 4 rings (SSSR count). The molecule has 2 saturated heterocycles. The van der Waals surface area contributed by atoms with Crippen molar-refractivity contribution in [2.45, 2.75) is 63.5 Å². The van der Waals surface area contributed by atoms with E-state index in [-0.39, 0.29) is 0 Å². The van der Waals surface area contributed by atoms with Gasteiger partial charge in [0.1, 0.15) is 0 Å². The summed E-state index contributed by atoms with van der Waals surface area (Å²) in [5.41, 5.74) is 0. The summed E-state index contributed by atoms with van der Waals surface area (Å²) >= 11 is 0. The van der Waals surface area contributed by atoms with E-state index in [1.807, 2.05) is 0 Å². The third kappa shape index (κ3) is 1.39. The summed E-state index contributed by atoms with van der Waals surface area (Å²) in [6.45, 7) is 2.77. The van der Waals surface area contributed by atoms with Gasteiger partial charge in [-0.25, -0.2) is 10.0 Å². The van der Waals surface area contributed by atoms with Gasteiger partial charge in [-0.3, -0.25) is 0 Å². The lowest BCUT2D eigenvalue weighted by atomic mass is 9.85. The van der Waals surface area contributed by atoms with E-state index in [0.29, 0.717) is 0 Å². The Morgan fingerprint density at radius 1 is 0.812 bits per heavy atom. The Hall–Kier alpha value is -0.0800. The maximum absolute atomic E-state index is 2.81. The average Bonchev–Trinajstić information content (AvgIpc) is 3.03. The van der Waals surface area contributed by atoms with Gasteiger partial charge in [-0.15, -0.1) is 0 Å². The van der Waals surface area contributed by atoms with Gasteiger partial charge < -0.3 is 0 Å². The summed E-state index contributed by atoms with van der Waals surface area (Å²) < 4.78 is 0. The Balaban J connectivity index is 1.51. The van der Waals surface area contributed by atoms with Crippen molar-refractivity contribution in [3.63, 3.8) is 0 Å². The van der Waals surface area contributed by atoms with Gasteiger partial charge in [0, 0.05) is 25.2 Å². The van der Waals surface area contributed by atoms with Gasteiger partial charge in [0.2, 0.25) is 0 Å². The van der Waals surface area contributed by atoms with Gasteiger partial charge in [0.25, 0.3) is 0 Å². The van der Waals surface area contributed by atoms with Gasteiger partial charge in [-0.05, 0) is 50.4 Å². The van der Waals surface area contributed by atoms with Crippen molar-refractivity contribution in [2.24, 2.45) is 11.8 Å². The molecule has 4 atom stereocenters. The number of nitrogens with zero attached hydrogens (tertiary/aromatic N) is 2. The summed E-state index contributed by atoms with van der Waals surface area (Å²) in [7, 11) is 0. The van der Waals surface area contributed by atoms with Crippen LogP contribution in [0.2, 0.25) is 0 Å². The van der Waals surface area contributed by atoms with E-state index in [1.165, 1.54) is 64.5 Å². The van der Waals surface area contributed by atoms with E-state index in [9.17, 15) is 0 Å². The Labute approximate surface area is 98.9 Å². The lowest BCUT2D eigenvalue weighted by molar-refractivity contribution is -0.0721. The molecule has 4 aliphatic rings. The molecule has 2 heteroatoms. The summed E-state index contributed by atoms with van der Waals surface area (Å²) in [4.78, 5) is 0. The van der Waals surface area contributed by atoms with E-state index in [2.05, 4.69) is 10.0 Å². The number of rotatable bonds is 1. The van der Waals surface area contributed by atoms with E-state index in [1.54, 1.807) is 0 Å². The first-order valence-corrected chi connectivity index (χ1v) is 7.45. The van der Waals surface area contributed by atoms with Crippen molar-refractivity contribution in [3.05, 3.63) is 0 Å². The van der Waals surface area contributed by atoms with Crippen LogP contribution >= 0.6 is 0 Å². The van der Waals surface area contributed by atoms with Crippen LogP contribution in [-0.2, 0) is 0 Å². The fourth-order valence-corrected chi connectivity index (χ4v) is 4.91. The molecule has 0 aromatic rings. The summed E-state index contributed by atoms with van der Waals surface area (Å²) in [5.74, 6) is 2.10. The molecule has 16 heavy (non-hydrogen) atoms. The number of hydrazine groups is 1. The minimum Gasteiger partial charge on any atom is -0.238 e. The maximum Gasteiger partial charge on any atom is 0.0274 e. The van der Waals surface area contributed by atoms with E-state index >= 15 is 0 Å². The first-order chi connectivity index (χ1) is 7.92. The first kappa shape index (κ1) is 9.90. The molecule has 4 unspecified atom stereocenters. The Morgan fingerprint density at radius 3 is 2.56 bits per heavy atom. The van der Waals surface area contributed by atoms with E-state index in [0.717, 1.165) is 23.9 Å². The normalized spacial score (nSPS) is 48.8. The molecule has 0 radical (unpaired) electrons. The summed E-state index contributed by atoms with van der Waals surface area (Å²) in [6.07, 6.45) is 12.0. The fraction of sp³-hybridized carbons (Fsp3) is 1.00. The standard InChI is InChI=1S/C14H24N2/c1-2-4-14-12(3-1)7-8-15(14)16-10-11-5-6-13(16)9-11/h11-14H,1-10H2. The van der Waals surface area contributed by atoms with Crippen LogP contribution in [0.4, 0.5) is 0 Å². The number of piperidine rings is 1. The molecule has 0 spiro atoms. The van der Waals surface area contributed by atoms with Crippen molar-refractivity contribution >= 4 is 0 Å². The van der Waals surface area contributed by atoms with Gasteiger partial charge in [0.05, 0.1) is 0 Å². The average molecular weight is 220 g/mol. The zero-order chi connectivity index (χ0) is 10.5. The number of hydrogen-bond donors (Lipinski definition) is 0. The third-order valence-corrected chi connectivity index (χ3v) is 5.69. The van der Waals surface area contributed by atoms with Crippen LogP contribution in [0.25, 0.3) is 0 Å². The molecule has 2 aliphatic carbocycles. The summed E-state index contributed by atoms with van der Waals surface area (Å²) in [6, 6.07) is 1.87. The molecular formula is C14H24N2. The quantitative estimate of drug-likeness (QED) is 0.670. The van der Waals surface area contributed by atoms with Gasteiger partial charge >= 0.3 is 0 Å². The topological polar surface area (TPSA) is 6.48 Å². The molecule has 0 N–H and O–H groups in total. The monoisotopic (exact) mass is 220 g/mol. The minimum absolute atomic E-state index is 0.936. The Bertz CT molecular complexity index is 278. The van der Waals surface area contributed by atoms with Crippen molar-refractivity contribution in [3.8, 4) is 0 Å². The molecule has 2 nitrogen and oxygen atoms in total. The van der Waals surface area contributed by atoms with Gasteiger partial charge in [-0.2, -0.15) is 0 Å². The zero-order valence-electron chi connectivity index (χ0n) is 10.3. The maximum atomic E-state index is 2.81. The van der Waals surface area contributed by atoms with Gasteiger partial charge in [-0.1, -0.05) is 12.8 Å². The second kappa shape index (κ2) is 3.71. The SMILES string of the molecule is C1CCC2C(C1)CCN2N1CC2CCC1C2. The molecule has 0 amide bonds. The second-order valence-electron chi connectivity index (χ2n) is 6.52. The largest absolute Gasteiger partial charge is 0.238 e. The highest BCUT2D eigenvalue weighted by molar-refractivity contribution is 4.96. The Morgan fingerprint density at radius 2 is 1.75 bits per heavy atom. The highest BCUT2D eigenvalue weighted by atomic mass is 15.7. The van der Waals surface area contributed by atoms with E-state index < -0.39 is 0 Å². The van der Waals surface area contributed by atoms with Crippen molar-refractivity contribution in [1.82, 2.24) is 10.0 Å². The van der Waals surface area contributed by atoms with Crippen LogP contribution < -0.4 is 0 Å². The van der Waals surface area contributed by atoms with Crippen LogP contribution in [-0.4, -0.2) is 35.2 Å². The lowest BCUT2D eigenvalue weighted by Gasteiger charge is -2.41. The molecule has 0 aromatic carbocycles. The molecule has 2 bridgehead atoms. The highest BCUT2D eigenvalue weighted by Gasteiger charge is 2.46. The van der Waals surface area contributed by atoms with Crippen LogP contribution in [0.3, 0.4) is 0 Å². The van der Waals surface area contributed by atoms with Crippen molar-refractivity contribution in [2.75, 3.05) is 13.1 Å². The molecular weight excluding hydrogens is 196 g/mol. The Kier molecular flexibility index (Phi) is 2.29. The highest BCUT2D eigenvalue weighted by Crippen LogP contribution is 2.43. The van der Waals surface area contributed by atoms with Gasteiger partial charge in [0.15, 0.2) is 0 Å². The zero-order valence-corrected chi connectivity index (χ0v) is 10.3. The van der Waals surface area contributed by atoms with Crippen molar-refractivity contribution in [1.29, 1.82) is 0 Å². The molecule has 2 heterocycles. The predicted molar refractivity (Wildman–Crippen MR) is 64.9 cm³/mol. The third-order valence-electron chi connectivity index (χ3n) is 5.69. The molecule has 2 aliphatic heterocycles. The van der Waals surface area contributed by atoms with E-state index in [4.69, 9.17) is 0 Å².